The van der Waals surface area contributed by atoms with Crippen LogP contribution in [0.15, 0.2) is 42.5 Å². The minimum Gasteiger partial charge on any atom is -0.493 e. The van der Waals surface area contributed by atoms with Gasteiger partial charge in [-0.25, -0.2) is 4.39 Å². The lowest BCUT2D eigenvalue weighted by Gasteiger charge is -2.31. The van der Waals surface area contributed by atoms with Crippen LogP contribution in [0.1, 0.15) is 17.9 Å². The van der Waals surface area contributed by atoms with Gasteiger partial charge in [-0.1, -0.05) is 12.1 Å². The largest absolute Gasteiger partial charge is 0.493 e. The molecule has 1 N–H and O–H groups in total. The van der Waals surface area contributed by atoms with Crippen LogP contribution in [0.4, 0.5) is 4.39 Å². The van der Waals surface area contributed by atoms with Crippen LogP contribution in [0.5, 0.6) is 17.2 Å². The Bertz CT molecular complexity index is 777. The van der Waals surface area contributed by atoms with Crippen LogP contribution < -0.4 is 19.5 Å². The molecule has 1 amide bonds. The number of rotatable bonds is 4. The highest BCUT2D eigenvalue weighted by Gasteiger charge is 2.31. The van der Waals surface area contributed by atoms with Crippen LogP contribution in [0, 0.1) is 11.7 Å². The van der Waals surface area contributed by atoms with Gasteiger partial charge in [0.25, 0.3) is 0 Å². The highest BCUT2D eigenvalue weighted by Crippen LogP contribution is 2.36. The van der Waals surface area contributed by atoms with Gasteiger partial charge < -0.3 is 19.5 Å². The highest BCUT2D eigenvalue weighted by atomic mass is 19.1. The molecule has 0 unspecified atom stereocenters. The second-order valence-electron chi connectivity index (χ2n) is 6.25. The Morgan fingerprint density at radius 2 is 1.92 bits per heavy atom. The van der Waals surface area contributed by atoms with E-state index >= 15 is 0 Å². The zero-order valence-electron chi connectivity index (χ0n) is 13.5. The first-order valence-electron chi connectivity index (χ1n) is 8.23. The summed E-state index contributed by atoms with van der Waals surface area (Å²) >= 11 is 0. The molecule has 0 aromatic heterocycles. The minimum absolute atomic E-state index is 0.00311. The third kappa shape index (κ3) is 3.38. The van der Waals surface area contributed by atoms with Gasteiger partial charge in [-0.15, -0.1) is 0 Å². The van der Waals surface area contributed by atoms with Gasteiger partial charge in [0.15, 0.2) is 11.5 Å². The second-order valence-corrected chi connectivity index (χ2v) is 6.25. The number of halogens is 1. The molecule has 2 aromatic carbocycles. The number of carbonyl (C=O) groups is 1. The van der Waals surface area contributed by atoms with Crippen LogP contribution in [0.25, 0.3) is 0 Å². The molecule has 2 aliphatic rings. The molecule has 4 rings (SSSR count). The molecule has 1 fully saturated rings. The van der Waals surface area contributed by atoms with Crippen LogP contribution in [0.2, 0.25) is 0 Å². The first-order chi connectivity index (χ1) is 12.2. The molecule has 2 aromatic rings. The Kier molecular flexibility index (Phi) is 4.17. The van der Waals surface area contributed by atoms with Gasteiger partial charge in [-0.05, 0) is 29.8 Å². The number of amides is 1. The third-order valence-corrected chi connectivity index (χ3v) is 4.64. The van der Waals surface area contributed by atoms with Crippen LogP contribution >= 0.6 is 0 Å². The number of fused-ring (bicyclic) bond motifs is 1. The van der Waals surface area contributed by atoms with Gasteiger partial charge in [0, 0.05) is 30.9 Å². The van der Waals surface area contributed by atoms with Crippen molar-refractivity contribution in [3.05, 3.63) is 53.8 Å². The van der Waals surface area contributed by atoms with Crippen molar-refractivity contribution >= 4 is 5.91 Å². The van der Waals surface area contributed by atoms with E-state index in [4.69, 9.17) is 14.2 Å². The number of hydrogen-bond acceptors (Lipinski definition) is 4. The van der Waals surface area contributed by atoms with E-state index in [2.05, 4.69) is 5.32 Å². The topological polar surface area (TPSA) is 56.8 Å². The summed E-state index contributed by atoms with van der Waals surface area (Å²) in [6.45, 7) is 1.20. The lowest BCUT2D eigenvalue weighted by atomic mass is 9.81. The Morgan fingerprint density at radius 3 is 2.76 bits per heavy atom. The lowest BCUT2D eigenvalue weighted by molar-refractivity contribution is -0.123. The number of hydrogen-bond donors (Lipinski definition) is 1. The molecule has 0 radical (unpaired) electrons. The number of nitrogens with one attached hydrogen (secondary N) is 1. The summed E-state index contributed by atoms with van der Waals surface area (Å²) in [6, 6.07) is 11.8. The average Bonchev–Trinajstić information content (AvgIpc) is 3.09. The lowest BCUT2D eigenvalue weighted by Crippen LogP contribution is -2.42. The fraction of sp³-hybridized carbons (Fsp3) is 0.316. The normalized spacial score (nSPS) is 21.7. The van der Waals surface area contributed by atoms with Crippen LogP contribution in [-0.4, -0.2) is 25.9 Å². The molecule has 25 heavy (non-hydrogen) atoms. The molecule has 6 heteroatoms. The maximum absolute atomic E-state index is 13.2. The van der Waals surface area contributed by atoms with Gasteiger partial charge in [0.1, 0.15) is 11.6 Å². The van der Waals surface area contributed by atoms with Gasteiger partial charge in [0.2, 0.25) is 12.7 Å². The van der Waals surface area contributed by atoms with Crippen molar-refractivity contribution in [2.24, 2.45) is 5.92 Å². The molecule has 0 saturated carbocycles. The van der Waals surface area contributed by atoms with E-state index in [-0.39, 0.29) is 30.4 Å². The van der Waals surface area contributed by atoms with E-state index in [0.29, 0.717) is 36.8 Å². The SMILES string of the molecule is O=C1C[C@H](c2ccc(F)cc2)[C@@H](COc2ccc3c(c2)OCO3)CN1. The first kappa shape index (κ1) is 15.7. The van der Waals surface area contributed by atoms with Crippen molar-refractivity contribution in [3.8, 4) is 17.2 Å². The van der Waals surface area contributed by atoms with Gasteiger partial charge in [-0.3, -0.25) is 4.79 Å². The molecule has 2 atom stereocenters. The number of ether oxygens (including phenoxy) is 3. The molecular weight excluding hydrogens is 325 g/mol. The summed E-state index contributed by atoms with van der Waals surface area (Å²) in [4.78, 5) is 11.8. The minimum atomic E-state index is -0.280. The number of benzene rings is 2. The maximum Gasteiger partial charge on any atom is 0.231 e. The van der Waals surface area contributed by atoms with Gasteiger partial charge in [-0.2, -0.15) is 0 Å². The predicted molar refractivity (Wildman–Crippen MR) is 88.3 cm³/mol. The van der Waals surface area contributed by atoms with Crippen molar-refractivity contribution in [2.45, 2.75) is 12.3 Å². The number of piperidine rings is 1. The molecule has 0 aliphatic carbocycles. The van der Waals surface area contributed by atoms with E-state index in [9.17, 15) is 9.18 Å². The molecule has 1 saturated heterocycles. The summed E-state index contributed by atoms with van der Waals surface area (Å²) in [5, 5.41) is 2.88. The van der Waals surface area contributed by atoms with E-state index < -0.39 is 0 Å². The molecule has 2 heterocycles. The Labute approximate surface area is 144 Å². The highest BCUT2D eigenvalue weighted by molar-refractivity contribution is 5.78. The monoisotopic (exact) mass is 343 g/mol. The van der Waals surface area contributed by atoms with Crippen molar-refractivity contribution in [2.75, 3.05) is 19.9 Å². The fourth-order valence-corrected chi connectivity index (χ4v) is 3.27. The van der Waals surface area contributed by atoms with Crippen molar-refractivity contribution in [1.82, 2.24) is 5.32 Å². The summed E-state index contributed by atoms with van der Waals surface area (Å²) < 4.78 is 29.7. The third-order valence-electron chi connectivity index (χ3n) is 4.64. The number of carbonyl (C=O) groups excluding carboxylic acids is 1. The second kappa shape index (κ2) is 6.63. The summed E-state index contributed by atoms with van der Waals surface area (Å²) in [6.07, 6.45) is 0.376. The van der Waals surface area contributed by atoms with E-state index in [0.717, 1.165) is 5.56 Å². The molecule has 0 bridgehead atoms. The summed E-state index contributed by atoms with van der Waals surface area (Å²) in [5.41, 5.74) is 0.954. The van der Waals surface area contributed by atoms with Crippen LogP contribution in [-0.2, 0) is 4.79 Å². The predicted octanol–water partition coefficient (Wildman–Crippen LogP) is 2.85. The van der Waals surface area contributed by atoms with Crippen molar-refractivity contribution in [1.29, 1.82) is 0 Å². The molecule has 0 spiro atoms. The van der Waals surface area contributed by atoms with Gasteiger partial charge in [0.05, 0.1) is 6.61 Å². The fourth-order valence-electron chi connectivity index (χ4n) is 3.27. The van der Waals surface area contributed by atoms with E-state index in [1.54, 1.807) is 18.2 Å². The average molecular weight is 343 g/mol. The van der Waals surface area contributed by atoms with Crippen LogP contribution in [0.3, 0.4) is 0 Å². The smallest absolute Gasteiger partial charge is 0.231 e. The summed E-state index contributed by atoms with van der Waals surface area (Å²) in [7, 11) is 0. The molecule has 5 nitrogen and oxygen atoms in total. The standard InChI is InChI=1S/C19H18FNO4/c20-14-3-1-12(2-4-14)16-8-19(22)21-9-13(16)10-23-15-5-6-17-18(7-15)25-11-24-17/h1-7,13,16H,8-11H2,(H,21,22)/t13-,16-/m1/s1. The Balaban J connectivity index is 1.47. The quantitative estimate of drug-likeness (QED) is 0.927. The van der Waals surface area contributed by atoms with Crippen molar-refractivity contribution < 1.29 is 23.4 Å². The zero-order chi connectivity index (χ0) is 17.2. The Hall–Kier alpha value is -2.76. The zero-order valence-corrected chi connectivity index (χ0v) is 13.5. The Morgan fingerprint density at radius 1 is 1.12 bits per heavy atom. The maximum atomic E-state index is 13.2. The molecular formula is C19H18FNO4. The molecule has 2 aliphatic heterocycles. The summed E-state index contributed by atoms with van der Waals surface area (Å²) in [5.74, 6) is 1.91. The molecule has 130 valence electrons. The van der Waals surface area contributed by atoms with Gasteiger partial charge >= 0.3 is 0 Å². The first-order valence-corrected chi connectivity index (χ1v) is 8.23. The van der Waals surface area contributed by atoms with E-state index in [1.807, 2.05) is 12.1 Å². The van der Waals surface area contributed by atoms with E-state index in [1.165, 1.54) is 12.1 Å². The van der Waals surface area contributed by atoms with Crippen molar-refractivity contribution in [3.63, 3.8) is 0 Å².